The zero-order chi connectivity index (χ0) is 6.85. The van der Waals surface area contributed by atoms with Gasteiger partial charge in [0.05, 0.1) is 0 Å². The molecule has 9 heavy (non-hydrogen) atoms. The van der Waals surface area contributed by atoms with Gasteiger partial charge in [-0.15, -0.1) is 0 Å². The normalized spacial score (nSPS) is 25.0. The smallest absolute Gasteiger partial charge is 0.326 e. The molecule has 0 fully saturated rings. The molecule has 0 bridgehead atoms. The molecule has 0 radical (unpaired) electrons. The Morgan fingerprint density at radius 2 is 2.67 bits per heavy atom. The molecule has 1 atom stereocenters. The van der Waals surface area contributed by atoms with Crippen LogP contribution in [0.4, 0.5) is 0 Å². The molecule has 1 aliphatic rings. The molecule has 0 aromatic carbocycles. The number of carbonyl (C=O) groups is 1. The van der Waals surface area contributed by atoms with Crippen LogP contribution in [0.25, 0.3) is 0 Å². The highest BCUT2D eigenvalue weighted by atomic mass is 16.4. The molecule has 1 heterocycles. The summed E-state index contributed by atoms with van der Waals surface area (Å²) in [7, 11) is 0. The third-order valence-corrected chi connectivity index (χ3v) is 1.36. The number of allylic oxidation sites excluding steroid dienone is 1. The first kappa shape index (κ1) is 6.13. The van der Waals surface area contributed by atoms with Gasteiger partial charge in [0, 0.05) is 5.70 Å². The number of carboxylic acids is 1. The van der Waals surface area contributed by atoms with Crippen molar-refractivity contribution in [3.8, 4) is 0 Å². The summed E-state index contributed by atoms with van der Waals surface area (Å²) in [5.74, 6) is -0.775. The van der Waals surface area contributed by atoms with E-state index in [1.165, 1.54) is 0 Å². The van der Waals surface area contributed by atoms with Gasteiger partial charge in [-0.1, -0.05) is 6.08 Å². The Hall–Kier alpha value is -0.990. The monoisotopic (exact) mass is 127 g/mol. The summed E-state index contributed by atoms with van der Waals surface area (Å²) >= 11 is 0. The Labute approximate surface area is 53.4 Å². The molecule has 0 saturated heterocycles. The summed E-state index contributed by atoms with van der Waals surface area (Å²) in [5.41, 5.74) is 0.961. The van der Waals surface area contributed by atoms with E-state index < -0.39 is 5.97 Å². The molecule has 3 heteroatoms. The van der Waals surface area contributed by atoms with Crippen LogP contribution in [0, 0.1) is 0 Å². The highest BCUT2D eigenvalue weighted by Gasteiger charge is 2.19. The van der Waals surface area contributed by atoms with Gasteiger partial charge < -0.3 is 10.4 Å². The van der Waals surface area contributed by atoms with Crippen molar-refractivity contribution in [2.24, 2.45) is 0 Å². The van der Waals surface area contributed by atoms with Gasteiger partial charge in [-0.2, -0.15) is 0 Å². The van der Waals surface area contributed by atoms with Crippen molar-refractivity contribution in [2.45, 2.75) is 19.4 Å². The maximum Gasteiger partial charge on any atom is 0.326 e. The second-order valence-electron chi connectivity index (χ2n) is 2.16. The minimum Gasteiger partial charge on any atom is -0.480 e. The highest BCUT2D eigenvalue weighted by Crippen LogP contribution is 2.07. The molecule has 3 nitrogen and oxygen atoms in total. The fourth-order valence-corrected chi connectivity index (χ4v) is 0.850. The second kappa shape index (κ2) is 2.09. The maximum atomic E-state index is 10.3. The van der Waals surface area contributed by atoms with E-state index >= 15 is 0 Å². The first-order valence-corrected chi connectivity index (χ1v) is 2.86. The Morgan fingerprint density at radius 1 is 2.00 bits per heavy atom. The Balaban J connectivity index is 2.47. The first-order valence-electron chi connectivity index (χ1n) is 2.86. The molecule has 0 aliphatic carbocycles. The minimum atomic E-state index is -0.775. The van der Waals surface area contributed by atoms with Crippen LogP contribution in [-0.4, -0.2) is 17.1 Å². The molecule has 1 rings (SSSR count). The van der Waals surface area contributed by atoms with Gasteiger partial charge in [0.15, 0.2) is 0 Å². The van der Waals surface area contributed by atoms with Crippen LogP contribution in [0.15, 0.2) is 11.8 Å². The number of carboxylic acid groups (broad SMARTS) is 1. The van der Waals surface area contributed by atoms with E-state index in [0.717, 1.165) is 5.70 Å². The Bertz CT molecular complexity index is 162. The molecular formula is C6H9NO2. The summed E-state index contributed by atoms with van der Waals surface area (Å²) in [5, 5.41) is 11.2. The van der Waals surface area contributed by atoms with Crippen LogP contribution in [0.1, 0.15) is 13.3 Å². The molecule has 0 aromatic heterocycles. The van der Waals surface area contributed by atoms with Crippen LogP contribution in [0.5, 0.6) is 0 Å². The van der Waals surface area contributed by atoms with Gasteiger partial charge in [0.25, 0.3) is 0 Å². The van der Waals surface area contributed by atoms with Crippen LogP contribution < -0.4 is 5.32 Å². The van der Waals surface area contributed by atoms with E-state index in [1.54, 1.807) is 0 Å². The van der Waals surface area contributed by atoms with Gasteiger partial charge in [-0.25, -0.2) is 4.79 Å². The number of hydrogen-bond acceptors (Lipinski definition) is 2. The van der Waals surface area contributed by atoms with Crippen LogP contribution in [0.2, 0.25) is 0 Å². The van der Waals surface area contributed by atoms with Crippen molar-refractivity contribution in [3.05, 3.63) is 11.8 Å². The quantitative estimate of drug-likeness (QED) is 0.534. The van der Waals surface area contributed by atoms with E-state index in [-0.39, 0.29) is 6.04 Å². The van der Waals surface area contributed by atoms with Gasteiger partial charge in [0.1, 0.15) is 6.04 Å². The largest absolute Gasteiger partial charge is 0.480 e. The summed E-state index contributed by atoms with van der Waals surface area (Å²) in [6, 6.07) is -0.384. The second-order valence-corrected chi connectivity index (χ2v) is 2.16. The summed E-state index contributed by atoms with van der Waals surface area (Å²) in [4.78, 5) is 10.3. The predicted molar refractivity (Wildman–Crippen MR) is 32.9 cm³/mol. The molecule has 0 spiro atoms. The fourth-order valence-electron chi connectivity index (χ4n) is 0.850. The van der Waals surface area contributed by atoms with Gasteiger partial charge >= 0.3 is 5.97 Å². The molecule has 0 saturated carbocycles. The van der Waals surface area contributed by atoms with E-state index in [1.807, 2.05) is 13.0 Å². The maximum absolute atomic E-state index is 10.3. The zero-order valence-corrected chi connectivity index (χ0v) is 5.22. The first-order chi connectivity index (χ1) is 4.20. The minimum absolute atomic E-state index is 0.384. The van der Waals surface area contributed by atoms with Crippen LogP contribution >= 0.6 is 0 Å². The third kappa shape index (κ3) is 1.22. The van der Waals surface area contributed by atoms with Gasteiger partial charge in [-0.3, -0.25) is 0 Å². The van der Waals surface area contributed by atoms with Crippen molar-refractivity contribution < 1.29 is 9.90 Å². The fraction of sp³-hybridized carbons (Fsp3) is 0.500. The third-order valence-electron chi connectivity index (χ3n) is 1.36. The topological polar surface area (TPSA) is 49.3 Å². The lowest BCUT2D eigenvalue weighted by Gasteiger charge is -2.04. The highest BCUT2D eigenvalue weighted by molar-refractivity contribution is 5.74. The molecule has 2 N–H and O–H groups in total. The van der Waals surface area contributed by atoms with Crippen LogP contribution in [0.3, 0.4) is 0 Å². The number of aliphatic carboxylic acids is 1. The average Bonchev–Trinajstić information content (AvgIpc) is 2.14. The number of nitrogens with one attached hydrogen (secondary N) is 1. The molecule has 1 unspecified atom stereocenters. The van der Waals surface area contributed by atoms with Gasteiger partial charge in [-0.05, 0) is 13.3 Å². The number of hydrogen-bond donors (Lipinski definition) is 2. The summed E-state index contributed by atoms with van der Waals surface area (Å²) in [6.45, 7) is 1.86. The lowest BCUT2D eigenvalue weighted by molar-refractivity contribution is -0.138. The standard InChI is InChI=1S/C6H9NO2/c1-4-2-3-5(7-4)6(8)9/h2,5,7H,3H2,1H3,(H,8,9). The predicted octanol–water partition coefficient (Wildman–Crippen LogP) is 0.337. The lowest BCUT2D eigenvalue weighted by Crippen LogP contribution is -2.30. The Morgan fingerprint density at radius 3 is 2.89 bits per heavy atom. The average molecular weight is 127 g/mol. The molecule has 50 valence electrons. The van der Waals surface area contributed by atoms with Crippen molar-refractivity contribution >= 4 is 5.97 Å². The molecule has 0 aromatic rings. The van der Waals surface area contributed by atoms with E-state index in [2.05, 4.69) is 5.32 Å². The number of rotatable bonds is 1. The van der Waals surface area contributed by atoms with E-state index in [9.17, 15) is 4.79 Å². The van der Waals surface area contributed by atoms with Crippen molar-refractivity contribution in [1.82, 2.24) is 5.32 Å². The van der Waals surface area contributed by atoms with Crippen molar-refractivity contribution in [1.29, 1.82) is 0 Å². The molecular weight excluding hydrogens is 118 g/mol. The zero-order valence-electron chi connectivity index (χ0n) is 5.22. The summed E-state index contributed by atoms with van der Waals surface area (Å²) < 4.78 is 0. The Kier molecular flexibility index (Phi) is 1.42. The van der Waals surface area contributed by atoms with Gasteiger partial charge in [0.2, 0.25) is 0 Å². The summed E-state index contributed by atoms with van der Waals surface area (Å²) in [6.07, 6.45) is 2.50. The van der Waals surface area contributed by atoms with E-state index in [4.69, 9.17) is 5.11 Å². The van der Waals surface area contributed by atoms with Crippen molar-refractivity contribution in [3.63, 3.8) is 0 Å². The lowest BCUT2D eigenvalue weighted by atomic mass is 10.2. The SMILES string of the molecule is CC1=CCC(C(=O)O)N1. The van der Waals surface area contributed by atoms with Crippen LogP contribution in [-0.2, 0) is 4.79 Å². The van der Waals surface area contributed by atoms with Crippen molar-refractivity contribution in [2.75, 3.05) is 0 Å². The molecule has 1 aliphatic heterocycles. The van der Waals surface area contributed by atoms with E-state index in [0.29, 0.717) is 6.42 Å². The molecule has 0 amide bonds.